The Kier molecular flexibility index (Phi) is 3.37. The van der Waals surface area contributed by atoms with Crippen LogP contribution in [0.3, 0.4) is 0 Å². The fourth-order valence-corrected chi connectivity index (χ4v) is 0.310. The summed E-state index contributed by atoms with van der Waals surface area (Å²) in [7, 11) is 0. The summed E-state index contributed by atoms with van der Waals surface area (Å²) < 4.78 is 0. The molecule has 0 aliphatic rings. The Morgan fingerprint density at radius 3 is 2.30 bits per heavy atom. The van der Waals surface area contributed by atoms with Crippen LogP contribution in [0.4, 0.5) is 0 Å². The molecular formula is C4H6O6. The van der Waals surface area contributed by atoms with Gasteiger partial charge in [0.2, 0.25) is 0 Å². The van der Waals surface area contributed by atoms with Gasteiger partial charge in [-0.3, -0.25) is 9.68 Å². The van der Waals surface area contributed by atoms with Gasteiger partial charge in [0.1, 0.15) is 0 Å². The molecular weight excluding hydrogens is 144 g/mol. The van der Waals surface area contributed by atoms with Gasteiger partial charge in [0.05, 0.1) is 6.42 Å². The van der Waals surface area contributed by atoms with E-state index < -0.39 is 24.5 Å². The van der Waals surface area contributed by atoms with Crippen molar-refractivity contribution in [3.05, 3.63) is 0 Å². The highest BCUT2D eigenvalue weighted by molar-refractivity contribution is 5.80. The standard InChI is InChI=1S/C4H6O6/c5-2(1-3(6)7)4(8)10-9/h2,5,9H,1H2,(H,6,7). The minimum atomic E-state index is -1.80. The van der Waals surface area contributed by atoms with Crippen molar-refractivity contribution >= 4 is 11.9 Å². The quantitative estimate of drug-likeness (QED) is 0.346. The van der Waals surface area contributed by atoms with E-state index in [0.717, 1.165) is 0 Å². The van der Waals surface area contributed by atoms with Gasteiger partial charge >= 0.3 is 11.9 Å². The topological polar surface area (TPSA) is 104 Å². The SMILES string of the molecule is O=C(O)CC(O)C(=O)OO. The van der Waals surface area contributed by atoms with Crippen LogP contribution < -0.4 is 0 Å². The fourth-order valence-electron chi connectivity index (χ4n) is 0.310. The Hall–Kier alpha value is -1.14. The van der Waals surface area contributed by atoms with Crippen molar-refractivity contribution in [1.29, 1.82) is 0 Å². The van der Waals surface area contributed by atoms with Crippen LogP contribution in [0, 0.1) is 0 Å². The molecule has 3 N–H and O–H groups in total. The molecule has 58 valence electrons. The second-order valence-electron chi connectivity index (χ2n) is 1.52. The summed E-state index contributed by atoms with van der Waals surface area (Å²) in [6.07, 6.45) is -2.58. The molecule has 1 atom stereocenters. The first-order valence-electron chi connectivity index (χ1n) is 2.33. The number of hydrogen-bond acceptors (Lipinski definition) is 5. The van der Waals surface area contributed by atoms with Gasteiger partial charge in [-0.15, -0.1) is 0 Å². The van der Waals surface area contributed by atoms with E-state index in [1.165, 1.54) is 0 Å². The van der Waals surface area contributed by atoms with Gasteiger partial charge in [-0.05, 0) is 0 Å². The van der Waals surface area contributed by atoms with Crippen LogP contribution in [0.25, 0.3) is 0 Å². The lowest BCUT2D eigenvalue weighted by Gasteiger charge is -2.00. The van der Waals surface area contributed by atoms with E-state index in [0.29, 0.717) is 0 Å². The van der Waals surface area contributed by atoms with E-state index in [2.05, 4.69) is 4.89 Å². The Morgan fingerprint density at radius 2 is 2.00 bits per heavy atom. The maximum Gasteiger partial charge on any atom is 0.370 e. The maximum atomic E-state index is 10.1. The zero-order chi connectivity index (χ0) is 8.15. The summed E-state index contributed by atoms with van der Waals surface area (Å²) in [6, 6.07) is 0. The minimum absolute atomic E-state index is 0.778. The number of hydrogen-bond donors (Lipinski definition) is 3. The monoisotopic (exact) mass is 150 g/mol. The highest BCUT2D eigenvalue weighted by Crippen LogP contribution is 1.92. The van der Waals surface area contributed by atoms with Gasteiger partial charge in [-0.2, -0.15) is 5.26 Å². The highest BCUT2D eigenvalue weighted by Gasteiger charge is 2.19. The summed E-state index contributed by atoms with van der Waals surface area (Å²) in [5.41, 5.74) is 0. The molecule has 10 heavy (non-hydrogen) atoms. The van der Waals surface area contributed by atoms with E-state index >= 15 is 0 Å². The van der Waals surface area contributed by atoms with Gasteiger partial charge in [0.25, 0.3) is 0 Å². The summed E-state index contributed by atoms with van der Waals surface area (Å²) >= 11 is 0. The van der Waals surface area contributed by atoms with Crippen molar-refractivity contribution in [2.45, 2.75) is 12.5 Å². The molecule has 0 aliphatic carbocycles. The first-order valence-corrected chi connectivity index (χ1v) is 2.33. The van der Waals surface area contributed by atoms with Crippen molar-refractivity contribution in [3.63, 3.8) is 0 Å². The Bertz CT molecular complexity index is 141. The van der Waals surface area contributed by atoms with Gasteiger partial charge in [0, 0.05) is 0 Å². The molecule has 1 unspecified atom stereocenters. The molecule has 0 aromatic carbocycles. The molecule has 0 spiro atoms. The Balaban J connectivity index is 3.72. The number of aliphatic hydroxyl groups is 1. The normalized spacial score (nSPS) is 12.2. The molecule has 6 heteroatoms. The third-order valence-electron chi connectivity index (χ3n) is 0.730. The summed E-state index contributed by atoms with van der Waals surface area (Å²) in [4.78, 5) is 22.9. The van der Waals surface area contributed by atoms with Crippen LogP contribution in [0.1, 0.15) is 6.42 Å². The molecule has 0 aliphatic heterocycles. The van der Waals surface area contributed by atoms with Crippen molar-refractivity contribution < 1.29 is 29.9 Å². The molecule has 0 heterocycles. The summed E-state index contributed by atoms with van der Waals surface area (Å²) in [5.74, 6) is -2.72. The second-order valence-corrected chi connectivity index (χ2v) is 1.52. The summed E-state index contributed by atoms with van der Waals surface area (Å²) in [6.45, 7) is 0. The van der Waals surface area contributed by atoms with Gasteiger partial charge < -0.3 is 10.2 Å². The number of rotatable bonds is 3. The molecule has 0 bridgehead atoms. The first kappa shape index (κ1) is 8.86. The third kappa shape index (κ3) is 3.00. The predicted molar refractivity (Wildman–Crippen MR) is 27.0 cm³/mol. The van der Waals surface area contributed by atoms with Gasteiger partial charge in [0.15, 0.2) is 6.10 Å². The Morgan fingerprint density at radius 1 is 1.50 bits per heavy atom. The zero-order valence-electron chi connectivity index (χ0n) is 4.85. The molecule has 6 nitrogen and oxygen atoms in total. The van der Waals surface area contributed by atoms with E-state index in [1.54, 1.807) is 0 Å². The molecule has 0 radical (unpaired) electrons. The van der Waals surface area contributed by atoms with Crippen molar-refractivity contribution in [2.75, 3.05) is 0 Å². The Labute approximate surface area is 55.6 Å². The average Bonchev–Trinajstić information content (AvgIpc) is 1.85. The van der Waals surface area contributed by atoms with E-state index in [4.69, 9.17) is 15.5 Å². The largest absolute Gasteiger partial charge is 0.481 e. The van der Waals surface area contributed by atoms with Crippen LogP contribution in [-0.2, 0) is 14.5 Å². The van der Waals surface area contributed by atoms with Crippen molar-refractivity contribution in [1.82, 2.24) is 0 Å². The number of carbonyl (C=O) groups is 2. The zero-order valence-corrected chi connectivity index (χ0v) is 4.85. The molecule has 0 aromatic heterocycles. The molecule has 0 amide bonds. The lowest BCUT2D eigenvalue weighted by molar-refractivity contribution is -0.242. The van der Waals surface area contributed by atoms with Crippen LogP contribution in [0.5, 0.6) is 0 Å². The molecule has 0 aromatic rings. The molecule has 0 saturated heterocycles. The third-order valence-corrected chi connectivity index (χ3v) is 0.730. The number of carboxylic acids is 1. The second kappa shape index (κ2) is 3.80. The minimum Gasteiger partial charge on any atom is -0.481 e. The maximum absolute atomic E-state index is 10.1. The number of aliphatic hydroxyl groups excluding tert-OH is 1. The lowest BCUT2D eigenvalue weighted by Crippen LogP contribution is -2.24. The fraction of sp³-hybridized carbons (Fsp3) is 0.500. The smallest absolute Gasteiger partial charge is 0.370 e. The molecule has 0 saturated carbocycles. The van der Waals surface area contributed by atoms with E-state index in [1.807, 2.05) is 0 Å². The van der Waals surface area contributed by atoms with Gasteiger partial charge in [-0.1, -0.05) is 0 Å². The van der Waals surface area contributed by atoms with Crippen LogP contribution in [0.2, 0.25) is 0 Å². The first-order chi connectivity index (χ1) is 4.57. The van der Waals surface area contributed by atoms with Crippen LogP contribution in [-0.4, -0.2) is 33.5 Å². The van der Waals surface area contributed by atoms with Crippen LogP contribution in [0.15, 0.2) is 0 Å². The highest BCUT2D eigenvalue weighted by atomic mass is 17.1. The van der Waals surface area contributed by atoms with Crippen molar-refractivity contribution in [3.8, 4) is 0 Å². The van der Waals surface area contributed by atoms with E-state index in [9.17, 15) is 9.59 Å². The van der Waals surface area contributed by atoms with Crippen LogP contribution >= 0.6 is 0 Å². The van der Waals surface area contributed by atoms with Gasteiger partial charge in [-0.25, -0.2) is 4.79 Å². The molecule has 0 fully saturated rings. The summed E-state index contributed by atoms with van der Waals surface area (Å²) in [5, 5.41) is 24.1. The molecule has 0 rings (SSSR count). The average molecular weight is 150 g/mol. The number of aliphatic carboxylic acids is 1. The van der Waals surface area contributed by atoms with E-state index in [-0.39, 0.29) is 0 Å². The lowest BCUT2D eigenvalue weighted by atomic mass is 10.3. The predicted octanol–water partition coefficient (Wildman–Crippen LogP) is -1.16. The van der Waals surface area contributed by atoms with Crippen molar-refractivity contribution in [2.24, 2.45) is 0 Å². The number of carbonyl (C=O) groups excluding carboxylic acids is 1. The number of carboxylic acid groups (broad SMARTS) is 1.